The van der Waals surface area contributed by atoms with Gasteiger partial charge in [0.2, 0.25) is 0 Å². The van der Waals surface area contributed by atoms with Crippen LogP contribution in [-0.2, 0) is 0 Å². The molecule has 1 nitrogen and oxygen atoms in total. The highest BCUT2D eigenvalue weighted by molar-refractivity contribution is 5.28. The topological polar surface area (TPSA) is 26.0 Å². The Balaban J connectivity index is 2.70. The second kappa shape index (κ2) is 3.44. The third kappa shape index (κ3) is 2.21. The molecule has 2 N–H and O–H groups in total. The van der Waals surface area contributed by atoms with E-state index < -0.39 is 0 Å². The first-order chi connectivity index (χ1) is 5.52. The van der Waals surface area contributed by atoms with Crippen LogP contribution in [0.4, 0.5) is 0 Å². The van der Waals surface area contributed by atoms with E-state index in [4.69, 9.17) is 5.73 Å². The third-order valence-corrected chi connectivity index (χ3v) is 2.32. The molecule has 0 bridgehead atoms. The largest absolute Gasteiger partial charge is 0.324 e. The summed E-state index contributed by atoms with van der Waals surface area (Å²) in [5.74, 6) is 0. The summed E-state index contributed by atoms with van der Waals surface area (Å²) in [7, 11) is 0. The Morgan fingerprint density at radius 2 is 2.00 bits per heavy atom. The van der Waals surface area contributed by atoms with E-state index in [0.717, 1.165) is 6.42 Å². The van der Waals surface area contributed by atoms with E-state index in [-0.39, 0.29) is 11.5 Å². The summed E-state index contributed by atoms with van der Waals surface area (Å²) in [5, 5.41) is 0. The minimum absolute atomic E-state index is 0.174. The second-order valence-corrected chi connectivity index (χ2v) is 4.53. The Kier molecular flexibility index (Phi) is 2.73. The molecule has 68 valence electrons. The average Bonchev–Trinajstić information content (AvgIpc) is 2.03. The predicted molar refractivity (Wildman–Crippen MR) is 53.9 cm³/mol. The molecular weight excluding hydrogens is 146 g/mol. The first-order valence-corrected chi connectivity index (χ1v) is 4.64. The van der Waals surface area contributed by atoms with Gasteiger partial charge in [-0.1, -0.05) is 39.0 Å². The standard InChI is InChI=1S/C11H19N/c1-11(2,3)10(12)9-7-5-4-6-8-9/h5,7-8,10H,4,6,12H2,1-3H3. The summed E-state index contributed by atoms with van der Waals surface area (Å²) in [6.07, 6.45) is 8.95. The zero-order chi connectivity index (χ0) is 9.19. The lowest BCUT2D eigenvalue weighted by atomic mass is 9.81. The van der Waals surface area contributed by atoms with Crippen molar-refractivity contribution in [3.05, 3.63) is 23.8 Å². The average molecular weight is 165 g/mol. The first kappa shape index (κ1) is 9.53. The van der Waals surface area contributed by atoms with Gasteiger partial charge in [0.15, 0.2) is 0 Å². The van der Waals surface area contributed by atoms with Gasteiger partial charge in [0.1, 0.15) is 0 Å². The quantitative estimate of drug-likeness (QED) is 0.635. The van der Waals surface area contributed by atoms with Crippen molar-refractivity contribution in [1.29, 1.82) is 0 Å². The number of allylic oxidation sites excluding steroid dienone is 2. The van der Waals surface area contributed by atoms with Crippen molar-refractivity contribution >= 4 is 0 Å². The van der Waals surface area contributed by atoms with Crippen molar-refractivity contribution in [3.63, 3.8) is 0 Å². The second-order valence-electron chi connectivity index (χ2n) is 4.53. The zero-order valence-corrected chi connectivity index (χ0v) is 8.30. The van der Waals surface area contributed by atoms with Crippen molar-refractivity contribution in [2.24, 2.45) is 11.1 Å². The van der Waals surface area contributed by atoms with E-state index in [1.165, 1.54) is 12.0 Å². The Hall–Kier alpha value is -0.560. The normalized spacial score (nSPS) is 20.5. The number of rotatable bonds is 1. The molecule has 1 aliphatic carbocycles. The Labute approximate surface area is 75.3 Å². The van der Waals surface area contributed by atoms with Crippen LogP contribution in [0.15, 0.2) is 23.8 Å². The van der Waals surface area contributed by atoms with Crippen LogP contribution in [0.1, 0.15) is 33.6 Å². The molecule has 0 fully saturated rings. The summed E-state index contributed by atoms with van der Waals surface area (Å²) in [5.41, 5.74) is 7.58. The van der Waals surface area contributed by atoms with Crippen LogP contribution in [0.5, 0.6) is 0 Å². The van der Waals surface area contributed by atoms with Crippen LogP contribution >= 0.6 is 0 Å². The van der Waals surface area contributed by atoms with Crippen LogP contribution in [0.3, 0.4) is 0 Å². The fourth-order valence-corrected chi connectivity index (χ4v) is 1.36. The molecule has 0 saturated heterocycles. The smallest absolute Gasteiger partial charge is 0.0340 e. The van der Waals surface area contributed by atoms with Gasteiger partial charge in [-0.05, 0) is 23.8 Å². The van der Waals surface area contributed by atoms with Crippen LogP contribution < -0.4 is 5.73 Å². The van der Waals surface area contributed by atoms with E-state index >= 15 is 0 Å². The van der Waals surface area contributed by atoms with Gasteiger partial charge in [-0.15, -0.1) is 0 Å². The number of hydrogen-bond donors (Lipinski definition) is 1. The van der Waals surface area contributed by atoms with Gasteiger partial charge in [-0.3, -0.25) is 0 Å². The molecule has 0 spiro atoms. The highest BCUT2D eigenvalue weighted by Gasteiger charge is 2.22. The van der Waals surface area contributed by atoms with Crippen molar-refractivity contribution in [1.82, 2.24) is 0 Å². The van der Waals surface area contributed by atoms with Gasteiger partial charge in [0.05, 0.1) is 0 Å². The molecule has 1 unspecified atom stereocenters. The first-order valence-electron chi connectivity index (χ1n) is 4.64. The summed E-state index contributed by atoms with van der Waals surface area (Å²) in [6.45, 7) is 6.54. The molecule has 1 rings (SSSR count). The van der Waals surface area contributed by atoms with Crippen LogP contribution in [0.2, 0.25) is 0 Å². The van der Waals surface area contributed by atoms with Crippen molar-refractivity contribution in [2.45, 2.75) is 39.7 Å². The predicted octanol–water partition coefficient (Wildman–Crippen LogP) is 2.64. The van der Waals surface area contributed by atoms with Crippen molar-refractivity contribution < 1.29 is 0 Å². The maximum absolute atomic E-state index is 6.11. The Morgan fingerprint density at radius 1 is 1.33 bits per heavy atom. The SMILES string of the molecule is CC(C)(C)C(N)C1=CCCC=C1. The van der Waals surface area contributed by atoms with E-state index in [9.17, 15) is 0 Å². The lowest BCUT2D eigenvalue weighted by Crippen LogP contribution is -2.36. The molecule has 0 aromatic heterocycles. The van der Waals surface area contributed by atoms with Crippen LogP contribution in [-0.4, -0.2) is 6.04 Å². The third-order valence-electron chi connectivity index (χ3n) is 2.32. The molecule has 0 radical (unpaired) electrons. The highest BCUT2D eigenvalue weighted by atomic mass is 14.7. The van der Waals surface area contributed by atoms with E-state index in [0.29, 0.717) is 0 Å². The Bertz CT molecular complexity index is 206. The fourth-order valence-electron chi connectivity index (χ4n) is 1.36. The van der Waals surface area contributed by atoms with Gasteiger partial charge < -0.3 is 5.73 Å². The summed E-state index contributed by atoms with van der Waals surface area (Å²) in [4.78, 5) is 0. The molecule has 0 amide bonds. The summed E-state index contributed by atoms with van der Waals surface area (Å²) >= 11 is 0. The molecule has 0 aromatic rings. The van der Waals surface area contributed by atoms with Gasteiger partial charge >= 0.3 is 0 Å². The molecule has 0 aromatic carbocycles. The maximum atomic E-state index is 6.11. The molecular formula is C11H19N. The molecule has 12 heavy (non-hydrogen) atoms. The minimum atomic E-state index is 0.174. The lowest BCUT2D eigenvalue weighted by Gasteiger charge is -2.29. The molecule has 1 heteroatoms. The zero-order valence-electron chi connectivity index (χ0n) is 8.30. The number of hydrogen-bond acceptors (Lipinski definition) is 1. The van der Waals surface area contributed by atoms with Gasteiger partial charge in [-0.25, -0.2) is 0 Å². The van der Waals surface area contributed by atoms with Crippen LogP contribution in [0, 0.1) is 5.41 Å². The van der Waals surface area contributed by atoms with E-state index in [1.807, 2.05) is 0 Å². The Morgan fingerprint density at radius 3 is 2.42 bits per heavy atom. The molecule has 1 aliphatic rings. The molecule has 0 heterocycles. The molecule has 0 aliphatic heterocycles. The maximum Gasteiger partial charge on any atom is 0.0340 e. The van der Waals surface area contributed by atoms with E-state index in [2.05, 4.69) is 39.0 Å². The fraction of sp³-hybridized carbons (Fsp3) is 0.636. The lowest BCUT2D eigenvalue weighted by molar-refractivity contribution is 0.356. The molecule has 1 atom stereocenters. The van der Waals surface area contributed by atoms with Gasteiger partial charge in [0, 0.05) is 6.04 Å². The van der Waals surface area contributed by atoms with E-state index in [1.54, 1.807) is 0 Å². The summed E-state index contributed by atoms with van der Waals surface area (Å²) < 4.78 is 0. The van der Waals surface area contributed by atoms with Crippen LogP contribution in [0.25, 0.3) is 0 Å². The van der Waals surface area contributed by atoms with Crippen molar-refractivity contribution in [2.75, 3.05) is 0 Å². The number of nitrogens with two attached hydrogens (primary N) is 1. The molecule has 0 saturated carbocycles. The monoisotopic (exact) mass is 165 g/mol. The highest BCUT2D eigenvalue weighted by Crippen LogP contribution is 2.25. The van der Waals surface area contributed by atoms with Gasteiger partial charge in [0.25, 0.3) is 0 Å². The summed E-state index contributed by atoms with van der Waals surface area (Å²) in [6, 6.07) is 0.175. The minimum Gasteiger partial charge on any atom is -0.324 e. The van der Waals surface area contributed by atoms with Gasteiger partial charge in [-0.2, -0.15) is 0 Å². The van der Waals surface area contributed by atoms with Crippen molar-refractivity contribution in [3.8, 4) is 0 Å².